The number of carbonyl (C=O) groups excluding carboxylic acids is 1. The first kappa shape index (κ1) is 10.4. The number of aryl methyl sites for hydroxylation is 2. The van der Waals surface area contributed by atoms with Crippen LogP contribution in [-0.4, -0.2) is 21.1 Å². The Bertz CT molecular complexity index is 518. The van der Waals surface area contributed by atoms with Gasteiger partial charge < -0.3 is 5.32 Å². The minimum absolute atomic E-state index is 0.169. The van der Waals surface area contributed by atoms with E-state index >= 15 is 0 Å². The number of nitrogens with zero attached hydrogens (tertiary/aromatic N) is 2. The number of nitrogens with one attached hydrogen (secondary N) is 2. The quantitative estimate of drug-likeness (QED) is 0.802. The van der Waals surface area contributed by atoms with Crippen molar-refractivity contribution < 1.29 is 4.79 Å². The molecule has 16 heavy (non-hydrogen) atoms. The van der Waals surface area contributed by atoms with Crippen molar-refractivity contribution in [1.82, 2.24) is 15.2 Å². The third-order valence-electron chi connectivity index (χ3n) is 2.23. The third kappa shape index (κ3) is 2.08. The average molecular weight is 216 g/mol. The standard InChI is InChI=1S/C11H12N4O/c1-7-6-13-15-10(7)14-11(16)9-3-4-12-8(2)5-9/h3-6H,1-2H3,(H2,13,14,15,16). The fraction of sp³-hybridized carbons (Fsp3) is 0.182. The van der Waals surface area contributed by atoms with Gasteiger partial charge in [-0.3, -0.25) is 14.9 Å². The van der Waals surface area contributed by atoms with Gasteiger partial charge in [0, 0.05) is 23.0 Å². The molecule has 0 radical (unpaired) electrons. The van der Waals surface area contributed by atoms with Crippen LogP contribution in [0, 0.1) is 13.8 Å². The van der Waals surface area contributed by atoms with Crippen LogP contribution < -0.4 is 5.32 Å². The molecule has 0 aromatic carbocycles. The molecule has 2 aromatic heterocycles. The fourth-order valence-electron chi connectivity index (χ4n) is 1.35. The van der Waals surface area contributed by atoms with Crippen LogP contribution in [0.15, 0.2) is 24.5 Å². The summed E-state index contributed by atoms with van der Waals surface area (Å²) < 4.78 is 0. The van der Waals surface area contributed by atoms with Gasteiger partial charge in [0.25, 0.3) is 5.91 Å². The molecular weight excluding hydrogens is 204 g/mol. The zero-order valence-electron chi connectivity index (χ0n) is 9.11. The SMILES string of the molecule is Cc1cc(C(=O)Nc2[nH]ncc2C)ccn1. The van der Waals surface area contributed by atoms with Crippen LogP contribution in [0.3, 0.4) is 0 Å². The number of aromatic nitrogens is 3. The van der Waals surface area contributed by atoms with Crippen molar-refractivity contribution in [2.45, 2.75) is 13.8 Å². The number of amides is 1. The van der Waals surface area contributed by atoms with E-state index in [0.29, 0.717) is 11.4 Å². The lowest BCUT2D eigenvalue weighted by molar-refractivity contribution is 0.102. The molecule has 2 N–H and O–H groups in total. The number of hydrogen-bond donors (Lipinski definition) is 2. The van der Waals surface area contributed by atoms with Crippen molar-refractivity contribution in [2.24, 2.45) is 0 Å². The lowest BCUT2D eigenvalue weighted by atomic mass is 10.2. The molecule has 0 unspecified atom stereocenters. The predicted octanol–water partition coefficient (Wildman–Crippen LogP) is 1.67. The summed E-state index contributed by atoms with van der Waals surface area (Å²) in [5, 5.41) is 9.31. The normalized spacial score (nSPS) is 10.1. The maximum absolute atomic E-state index is 11.8. The summed E-state index contributed by atoms with van der Waals surface area (Å²) in [4.78, 5) is 15.9. The molecule has 0 atom stereocenters. The van der Waals surface area contributed by atoms with E-state index in [1.807, 2.05) is 13.8 Å². The average Bonchev–Trinajstić information content (AvgIpc) is 2.64. The molecule has 2 aromatic rings. The summed E-state index contributed by atoms with van der Waals surface area (Å²) in [6, 6.07) is 3.41. The van der Waals surface area contributed by atoms with E-state index < -0.39 is 0 Å². The van der Waals surface area contributed by atoms with Gasteiger partial charge in [-0.1, -0.05) is 0 Å². The van der Waals surface area contributed by atoms with E-state index in [2.05, 4.69) is 20.5 Å². The van der Waals surface area contributed by atoms with Crippen LogP contribution in [0.25, 0.3) is 0 Å². The van der Waals surface area contributed by atoms with Crippen molar-refractivity contribution in [2.75, 3.05) is 5.32 Å². The Morgan fingerprint density at radius 1 is 1.44 bits per heavy atom. The van der Waals surface area contributed by atoms with E-state index in [1.165, 1.54) is 0 Å². The Morgan fingerprint density at radius 3 is 2.88 bits per heavy atom. The van der Waals surface area contributed by atoms with Crippen LogP contribution >= 0.6 is 0 Å². The lowest BCUT2D eigenvalue weighted by Crippen LogP contribution is -2.13. The van der Waals surface area contributed by atoms with E-state index in [9.17, 15) is 4.79 Å². The molecular formula is C11H12N4O. The number of hydrogen-bond acceptors (Lipinski definition) is 3. The van der Waals surface area contributed by atoms with E-state index in [4.69, 9.17) is 0 Å². The molecule has 2 rings (SSSR count). The summed E-state index contributed by atoms with van der Waals surface area (Å²) in [7, 11) is 0. The first-order chi connectivity index (χ1) is 7.66. The molecule has 0 aliphatic rings. The highest BCUT2D eigenvalue weighted by atomic mass is 16.1. The van der Waals surface area contributed by atoms with Crippen molar-refractivity contribution in [3.63, 3.8) is 0 Å². The molecule has 0 bridgehead atoms. The van der Waals surface area contributed by atoms with Crippen LogP contribution in [-0.2, 0) is 0 Å². The van der Waals surface area contributed by atoms with E-state index in [-0.39, 0.29) is 5.91 Å². The summed E-state index contributed by atoms with van der Waals surface area (Å²) in [6.45, 7) is 3.72. The Hall–Kier alpha value is -2.17. The highest BCUT2D eigenvalue weighted by Crippen LogP contribution is 2.10. The molecule has 0 fully saturated rings. The number of pyridine rings is 1. The van der Waals surface area contributed by atoms with E-state index in [1.54, 1.807) is 24.5 Å². The van der Waals surface area contributed by atoms with Gasteiger partial charge in [-0.05, 0) is 26.0 Å². The molecule has 82 valence electrons. The topological polar surface area (TPSA) is 70.7 Å². The molecule has 2 heterocycles. The lowest BCUT2D eigenvalue weighted by Gasteiger charge is -2.03. The second-order valence-electron chi connectivity index (χ2n) is 3.57. The molecule has 0 aliphatic heterocycles. The monoisotopic (exact) mass is 216 g/mol. The Kier molecular flexibility index (Phi) is 2.68. The Balaban J connectivity index is 2.18. The molecule has 0 spiro atoms. The summed E-state index contributed by atoms with van der Waals surface area (Å²) >= 11 is 0. The van der Waals surface area contributed by atoms with Crippen molar-refractivity contribution in [3.05, 3.63) is 41.3 Å². The van der Waals surface area contributed by atoms with E-state index in [0.717, 1.165) is 11.3 Å². The minimum Gasteiger partial charge on any atom is -0.307 e. The Morgan fingerprint density at radius 2 is 2.25 bits per heavy atom. The van der Waals surface area contributed by atoms with Gasteiger partial charge in [-0.15, -0.1) is 0 Å². The summed E-state index contributed by atoms with van der Waals surface area (Å²) in [5.74, 6) is 0.456. The smallest absolute Gasteiger partial charge is 0.256 e. The van der Waals surface area contributed by atoms with Crippen LogP contribution in [0.1, 0.15) is 21.6 Å². The zero-order valence-corrected chi connectivity index (χ0v) is 9.11. The van der Waals surface area contributed by atoms with Gasteiger partial charge >= 0.3 is 0 Å². The highest BCUT2D eigenvalue weighted by molar-refractivity contribution is 6.04. The molecule has 0 aliphatic carbocycles. The molecule has 0 saturated carbocycles. The molecule has 5 heteroatoms. The second kappa shape index (κ2) is 4.14. The molecule has 0 saturated heterocycles. The summed E-state index contributed by atoms with van der Waals surface area (Å²) in [6.07, 6.45) is 3.28. The van der Waals surface area contributed by atoms with Gasteiger partial charge in [-0.2, -0.15) is 5.10 Å². The maximum atomic E-state index is 11.8. The zero-order chi connectivity index (χ0) is 11.5. The van der Waals surface area contributed by atoms with Crippen molar-refractivity contribution in [1.29, 1.82) is 0 Å². The minimum atomic E-state index is -0.169. The number of carbonyl (C=O) groups is 1. The van der Waals surface area contributed by atoms with Crippen molar-refractivity contribution >= 4 is 11.7 Å². The van der Waals surface area contributed by atoms with Crippen LogP contribution in [0.4, 0.5) is 5.82 Å². The van der Waals surface area contributed by atoms with Crippen LogP contribution in [0.2, 0.25) is 0 Å². The highest BCUT2D eigenvalue weighted by Gasteiger charge is 2.08. The van der Waals surface area contributed by atoms with Gasteiger partial charge in [0.1, 0.15) is 5.82 Å². The van der Waals surface area contributed by atoms with Gasteiger partial charge in [0.2, 0.25) is 0 Å². The maximum Gasteiger partial charge on any atom is 0.256 e. The number of anilines is 1. The third-order valence-corrected chi connectivity index (χ3v) is 2.23. The second-order valence-corrected chi connectivity index (χ2v) is 3.57. The number of rotatable bonds is 2. The summed E-state index contributed by atoms with van der Waals surface area (Å²) in [5.41, 5.74) is 2.30. The van der Waals surface area contributed by atoms with Gasteiger partial charge in [0.05, 0.1) is 6.20 Å². The van der Waals surface area contributed by atoms with Gasteiger partial charge in [-0.25, -0.2) is 0 Å². The molecule has 5 nitrogen and oxygen atoms in total. The van der Waals surface area contributed by atoms with Crippen LogP contribution in [0.5, 0.6) is 0 Å². The fourth-order valence-corrected chi connectivity index (χ4v) is 1.35. The number of H-pyrrole nitrogens is 1. The van der Waals surface area contributed by atoms with Crippen molar-refractivity contribution in [3.8, 4) is 0 Å². The first-order valence-electron chi connectivity index (χ1n) is 4.91. The first-order valence-corrected chi connectivity index (χ1v) is 4.91. The predicted molar refractivity (Wildman–Crippen MR) is 60.3 cm³/mol. The number of aromatic amines is 1. The largest absolute Gasteiger partial charge is 0.307 e. The Labute approximate surface area is 92.9 Å². The van der Waals surface area contributed by atoms with Gasteiger partial charge in [0.15, 0.2) is 0 Å². The molecule has 1 amide bonds.